The lowest BCUT2D eigenvalue weighted by molar-refractivity contribution is 0.349. The van der Waals surface area contributed by atoms with Crippen molar-refractivity contribution in [2.24, 2.45) is 0 Å². The van der Waals surface area contributed by atoms with Crippen molar-refractivity contribution < 1.29 is 4.74 Å². The average molecular weight is 273 g/mol. The molecule has 3 atom stereocenters. The molecule has 0 N–H and O–H groups in total. The van der Waals surface area contributed by atoms with Gasteiger partial charge in [-0.3, -0.25) is 0 Å². The molecule has 3 heteroatoms. The fourth-order valence-corrected chi connectivity index (χ4v) is 2.84. The van der Waals surface area contributed by atoms with E-state index in [1.807, 2.05) is 12.1 Å². The van der Waals surface area contributed by atoms with Crippen LogP contribution in [0.4, 0.5) is 0 Å². The predicted octanol–water partition coefficient (Wildman–Crippen LogP) is 5.05. The molecule has 1 saturated heterocycles. The van der Waals surface area contributed by atoms with Crippen molar-refractivity contribution in [3.63, 3.8) is 0 Å². The molecule has 0 radical (unpaired) electrons. The first-order valence-electron chi connectivity index (χ1n) is 6.26. The van der Waals surface area contributed by atoms with Crippen LogP contribution in [0.25, 0.3) is 0 Å². The number of hydrogen-bond donors (Lipinski definition) is 0. The van der Waals surface area contributed by atoms with Gasteiger partial charge in [-0.25, -0.2) is 0 Å². The van der Waals surface area contributed by atoms with Crippen molar-refractivity contribution in [3.8, 4) is 0 Å². The maximum absolute atomic E-state index is 6.27. The second-order valence-electron chi connectivity index (χ2n) is 4.61. The summed E-state index contributed by atoms with van der Waals surface area (Å²) in [5.74, 6) is 0.447. The van der Waals surface area contributed by atoms with Crippen LogP contribution in [0.2, 0.25) is 10.0 Å². The minimum absolute atomic E-state index is 0.417. The molecule has 1 heterocycles. The van der Waals surface area contributed by atoms with E-state index in [4.69, 9.17) is 27.9 Å². The van der Waals surface area contributed by atoms with E-state index in [1.54, 1.807) is 0 Å². The summed E-state index contributed by atoms with van der Waals surface area (Å²) < 4.78 is 5.61. The molecule has 1 aromatic carbocycles. The van der Waals surface area contributed by atoms with Gasteiger partial charge in [0, 0.05) is 0 Å². The average Bonchev–Trinajstić information content (AvgIpc) is 3.08. The number of epoxide rings is 1. The second kappa shape index (κ2) is 5.60. The highest BCUT2D eigenvalue weighted by Gasteiger charge is 2.38. The lowest BCUT2D eigenvalue weighted by Gasteiger charge is -2.16. The van der Waals surface area contributed by atoms with E-state index in [-0.39, 0.29) is 0 Å². The van der Waals surface area contributed by atoms with Gasteiger partial charge >= 0.3 is 0 Å². The molecule has 0 saturated carbocycles. The lowest BCUT2D eigenvalue weighted by Crippen LogP contribution is -2.04. The minimum Gasteiger partial charge on any atom is -0.370 e. The molecule has 1 aliphatic rings. The van der Waals surface area contributed by atoms with Gasteiger partial charge in [0.2, 0.25) is 0 Å². The summed E-state index contributed by atoms with van der Waals surface area (Å²) in [6.07, 6.45) is 4.09. The highest BCUT2D eigenvalue weighted by atomic mass is 35.5. The standard InChI is InChI=1S/C14H18Cl2O/c1-3-9(8-13-12(4-2)17-13)10-6-5-7-11(15)14(10)16/h5-7,9,12-13H,3-4,8H2,1-2H3. The quantitative estimate of drug-likeness (QED) is 0.683. The molecule has 1 aromatic rings. The fraction of sp³-hybridized carbons (Fsp3) is 0.571. The molecule has 0 aromatic heterocycles. The van der Waals surface area contributed by atoms with Gasteiger partial charge in [0.1, 0.15) is 0 Å². The van der Waals surface area contributed by atoms with E-state index in [0.717, 1.165) is 24.8 Å². The van der Waals surface area contributed by atoms with Crippen molar-refractivity contribution >= 4 is 23.2 Å². The topological polar surface area (TPSA) is 12.5 Å². The molecule has 0 amide bonds. The lowest BCUT2D eigenvalue weighted by atomic mass is 9.91. The van der Waals surface area contributed by atoms with Crippen LogP contribution in [0.3, 0.4) is 0 Å². The molecule has 0 bridgehead atoms. The summed E-state index contributed by atoms with van der Waals surface area (Å²) >= 11 is 12.3. The Labute approximate surface area is 113 Å². The molecule has 1 fully saturated rings. The highest BCUT2D eigenvalue weighted by molar-refractivity contribution is 6.42. The van der Waals surface area contributed by atoms with E-state index >= 15 is 0 Å². The number of benzene rings is 1. The van der Waals surface area contributed by atoms with Crippen LogP contribution in [0.5, 0.6) is 0 Å². The molecular weight excluding hydrogens is 255 g/mol. The first kappa shape index (κ1) is 13.2. The summed E-state index contributed by atoms with van der Waals surface area (Å²) in [6, 6.07) is 5.88. The Kier molecular flexibility index (Phi) is 4.35. The maximum Gasteiger partial charge on any atom is 0.0847 e. The highest BCUT2D eigenvalue weighted by Crippen LogP contribution is 2.39. The first-order chi connectivity index (χ1) is 8.17. The van der Waals surface area contributed by atoms with Gasteiger partial charge in [0.25, 0.3) is 0 Å². The third kappa shape index (κ3) is 2.96. The van der Waals surface area contributed by atoms with E-state index in [1.165, 1.54) is 0 Å². The van der Waals surface area contributed by atoms with Crippen LogP contribution >= 0.6 is 23.2 Å². The summed E-state index contributed by atoms with van der Waals surface area (Å²) in [6.45, 7) is 4.35. The molecule has 1 nitrogen and oxygen atoms in total. The van der Waals surface area contributed by atoms with Gasteiger partial charge in [-0.2, -0.15) is 0 Å². The largest absolute Gasteiger partial charge is 0.370 e. The van der Waals surface area contributed by atoms with Crippen molar-refractivity contribution in [1.82, 2.24) is 0 Å². The molecule has 0 spiro atoms. The SMILES string of the molecule is CCC(CC1OC1CC)c1cccc(Cl)c1Cl. The summed E-state index contributed by atoms with van der Waals surface area (Å²) in [7, 11) is 0. The Balaban J connectivity index is 2.10. The summed E-state index contributed by atoms with van der Waals surface area (Å²) in [4.78, 5) is 0. The zero-order chi connectivity index (χ0) is 12.4. The third-order valence-corrected chi connectivity index (χ3v) is 4.35. The van der Waals surface area contributed by atoms with E-state index in [9.17, 15) is 0 Å². The smallest absolute Gasteiger partial charge is 0.0847 e. The number of ether oxygens (including phenoxy) is 1. The van der Waals surface area contributed by atoms with Gasteiger partial charge in [-0.1, -0.05) is 49.2 Å². The first-order valence-corrected chi connectivity index (χ1v) is 7.02. The monoisotopic (exact) mass is 272 g/mol. The minimum atomic E-state index is 0.417. The summed E-state index contributed by atoms with van der Waals surface area (Å²) in [5, 5.41) is 1.35. The Morgan fingerprint density at radius 2 is 2.00 bits per heavy atom. The van der Waals surface area contributed by atoms with Crippen LogP contribution in [-0.2, 0) is 4.74 Å². The molecule has 94 valence electrons. The van der Waals surface area contributed by atoms with Crippen LogP contribution in [0.1, 0.15) is 44.6 Å². The second-order valence-corrected chi connectivity index (χ2v) is 5.39. The van der Waals surface area contributed by atoms with E-state index in [0.29, 0.717) is 28.2 Å². The Bertz CT molecular complexity index is 392. The maximum atomic E-state index is 6.27. The molecule has 2 rings (SSSR count). The number of halogens is 2. The van der Waals surface area contributed by atoms with Crippen LogP contribution in [0, 0.1) is 0 Å². The molecular formula is C14H18Cl2O. The Morgan fingerprint density at radius 3 is 2.59 bits per heavy atom. The van der Waals surface area contributed by atoms with Crippen molar-refractivity contribution in [3.05, 3.63) is 33.8 Å². The zero-order valence-corrected chi connectivity index (χ0v) is 11.8. The molecule has 17 heavy (non-hydrogen) atoms. The van der Waals surface area contributed by atoms with Crippen molar-refractivity contribution in [2.75, 3.05) is 0 Å². The number of rotatable bonds is 5. The van der Waals surface area contributed by atoms with E-state index < -0.39 is 0 Å². The van der Waals surface area contributed by atoms with Crippen LogP contribution in [0.15, 0.2) is 18.2 Å². The Hall–Kier alpha value is -0.240. The van der Waals surface area contributed by atoms with Crippen LogP contribution in [-0.4, -0.2) is 12.2 Å². The van der Waals surface area contributed by atoms with Gasteiger partial charge in [-0.15, -0.1) is 0 Å². The van der Waals surface area contributed by atoms with Crippen molar-refractivity contribution in [2.45, 2.75) is 51.2 Å². The normalized spacial score (nSPS) is 24.7. The van der Waals surface area contributed by atoms with Crippen LogP contribution < -0.4 is 0 Å². The predicted molar refractivity (Wildman–Crippen MR) is 73.1 cm³/mol. The third-order valence-electron chi connectivity index (χ3n) is 3.52. The van der Waals surface area contributed by atoms with E-state index in [2.05, 4.69) is 19.9 Å². The zero-order valence-electron chi connectivity index (χ0n) is 10.2. The van der Waals surface area contributed by atoms with Gasteiger partial charge < -0.3 is 4.74 Å². The van der Waals surface area contributed by atoms with Crippen molar-refractivity contribution in [1.29, 1.82) is 0 Å². The molecule has 3 unspecified atom stereocenters. The molecule has 1 aliphatic heterocycles. The Morgan fingerprint density at radius 1 is 1.24 bits per heavy atom. The summed E-state index contributed by atoms with van der Waals surface area (Å²) in [5.41, 5.74) is 1.16. The van der Waals surface area contributed by atoms with Gasteiger partial charge in [0.05, 0.1) is 22.3 Å². The fourth-order valence-electron chi connectivity index (χ4n) is 2.38. The number of hydrogen-bond acceptors (Lipinski definition) is 1. The van der Waals surface area contributed by atoms with Gasteiger partial charge in [0.15, 0.2) is 0 Å². The van der Waals surface area contributed by atoms with Gasteiger partial charge in [-0.05, 0) is 36.8 Å². The molecule has 0 aliphatic carbocycles.